The summed E-state index contributed by atoms with van der Waals surface area (Å²) < 4.78 is 4.75. The monoisotopic (exact) mass is 224 g/mol. The van der Waals surface area contributed by atoms with Gasteiger partial charge in [0, 0.05) is 4.90 Å². The highest BCUT2D eigenvalue weighted by Gasteiger charge is 2.41. The molecule has 0 amide bonds. The molecule has 1 N–H and O–H groups in total. The minimum atomic E-state index is -0.988. The molecule has 1 aromatic carbocycles. The van der Waals surface area contributed by atoms with Gasteiger partial charge in [0.15, 0.2) is 0 Å². The molecule has 1 saturated heterocycles. The standard InChI is InChI=1S/C11H12O3S/c1-7-9(11(13)14-10(7)12)15-8-5-3-2-4-6-8/h2-7,9,11,13H,1H3/t7-,9+,11-/m0/s1. The molecule has 0 saturated carbocycles. The first-order chi connectivity index (χ1) is 7.18. The summed E-state index contributed by atoms with van der Waals surface area (Å²) in [6.07, 6.45) is -0.988. The highest BCUT2D eigenvalue weighted by molar-refractivity contribution is 8.00. The topological polar surface area (TPSA) is 46.5 Å². The molecule has 1 aromatic rings. The van der Waals surface area contributed by atoms with Crippen LogP contribution in [0.4, 0.5) is 0 Å². The predicted octanol–water partition coefficient (Wildman–Crippen LogP) is 1.66. The number of hydrogen-bond acceptors (Lipinski definition) is 4. The number of benzene rings is 1. The highest BCUT2D eigenvalue weighted by atomic mass is 32.2. The average molecular weight is 224 g/mol. The van der Waals surface area contributed by atoms with Gasteiger partial charge in [-0.3, -0.25) is 4.79 Å². The summed E-state index contributed by atoms with van der Waals surface area (Å²) in [6.45, 7) is 1.78. The van der Waals surface area contributed by atoms with Crippen molar-refractivity contribution in [2.75, 3.05) is 0 Å². The van der Waals surface area contributed by atoms with Gasteiger partial charge in [-0.1, -0.05) is 25.1 Å². The number of hydrogen-bond donors (Lipinski definition) is 1. The fourth-order valence-corrected chi connectivity index (χ4v) is 2.61. The Morgan fingerprint density at radius 1 is 1.33 bits per heavy atom. The molecule has 3 atom stereocenters. The minimum Gasteiger partial charge on any atom is -0.434 e. The Labute approximate surface area is 92.4 Å². The lowest BCUT2D eigenvalue weighted by Gasteiger charge is -2.13. The van der Waals surface area contributed by atoms with E-state index in [0.717, 1.165) is 4.90 Å². The van der Waals surface area contributed by atoms with E-state index in [-0.39, 0.29) is 17.1 Å². The molecule has 1 aliphatic rings. The predicted molar refractivity (Wildman–Crippen MR) is 57.3 cm³/mol. The van der Waals surface area contributed by atoms with Crippen molar-refractivity contribution < 1.29 is 14.6 Å². The molecule has 0 aliphatic carbocycles. The molecule has 1 fully saturated rings. The van der Waals surface area contributed by atoms with Crippen molar-refractivity contribution in [3.8, 4) is 0 Å². The van der Waals surface area contributed by atoms with E-state index in [1.165, 1.54) is 11.8 Å². The summed E-state index contributed by atoms with van der Waals surface area (Å²) in [5, 5.41) is 9.32. The number of aliphatic hydroxyl groups excluding tert-OH is 1. The van der Waals surface area contributed by atoms with E-state index in [0.29, 0.717) is 0 Å². The third kappa shape index (κ3) is 2.16. The third-order valence-corrected chi connectivity index (χ3v) is 3.86. The third-order valence-electron chi connectivity index (χ3n) is 2.40. The molecule has 2 rings (SSSR count). The van der Waals surface area contributed by atoms with Crippen molar-refractivity contribution in [1.29, 1.82) is 0 Å². The van der Waals surface area contributed by atoms with Gasteiger partial charge in [0.05, 0.1) is 11.2 Å². The molecule has 0 aromatic heterocycles. The zero-order valence-electron chi connectivity index (χ0n) is 8.29. The van der Waals surface area contributed by atoms with Crippen LogP contribution in [-0.4, -0.2) is 22.6 Å². The number of rotatable bonds is 2. The quantitative estimate of drug-likeness (QED) is 0.776. The van der Waals surface area contributed by atoms with Crippen molar-refractivity contribution in [2.24, 2.45) is 5.92 Å². The summed E-state index contributed by atoms with van der Waals surface area (Å²) >= 11 is 1.48. The van der Waals surface area contributed by atoms with Gasteiger partial charge in [0.1, 0.15) is 0 Å². The van der Waals surface area contributed by atoms with Crippen molar-refractivity contribution in [3.63, 3.8) is 0 Å². The molecule has 80 valence electrons. The van der Waals surface area contributed by atoms with Crippen LogP contribution >= 0.6 is 11.8 Å². The largest absolute Gasteiger partial charge is 0.434 e. The number of carbonyl (C=O) groups is 1. The normalized spacial score (nSPS) is 30.3. The fourth-order valence-electron chi connectivity index (χ4n) is 1.49. The Balaban J connectivity index is 2.09. The summed E-state index contributed by atoms with van der Waals surface area (Å²) in [4.78, 5) is 12.2. The Bertz CT molecular complexity index is 352. The number of carbonyl (C=O) groups excluding carboxylic acids is 1. The van der Waals surface area contributed by atoms with E-state index in [4.69, 9.17) is 4.74 Å². The number of thioether (sulfide) groups is 1. The summed E-state index contributed by atoms with van der Waals surface area (Å²) in [5.74, 6) is -0.582. The molecule has 0 spiro atoms. The van der Waals surface area contributed by atoms with Crippen LogP contribution in [0.2, 0.25) is 0 Å². The number of aliphatic hydroxyl groups is 1. The second-order valence-corrected chi connectivity index (χ2v) is 4.76. The number of cyclic esters (lactones) is 1. The van der Waals surface area contributed by atoms with Gasteiger partial charge in [-0.15, -0.1) is 11.8 Å². The number of esters is 1. The second kappa shape index (κ2) is 4.24. The van der Waals surface area contributed by atoms with Crippen LogP contribution in [0, 0.1) is 5.92 Å². The van der Waals surface area contributed by atoms with Gasteiger partial charge in [-0.05, 0) is 12.1 Å². The van der Waals surface area contributed by atoms with Crippen LogP contribution in [0.1, 0.15) is 6.92 Å². The van der Waals surface area contributed by atoms with Gasteiger partial charge >= 0.3 is 5.97 Å². The number of ether oxygens (including phenoxy) is 1. The van der Waals surface area contributed by atoms with Crippen molar-refractivity contribution in [2.45, 2.75) is 23.4 Å². The summed E-state index contributed by atoms with van der Waals surface area (Å²) in [5.41, 5.74) is 0. The van der Waals surface area contributed by atoms with E-state index in [1.54, 1.807) is 6.92 Å². The average Bonchev–Trinajstić information content (AvgIpc) is 2.47. The highest BCUT2D eigenvalue weighted by Crippen LogP contribution is 2.35. The Morgan fingerprint density at radius 2 is 2.00 bits per heavy atom. The zero-order valence-corrected chi connectivity index (χ0v) is 9.11. The maximum atomic E-state index is 11.2. The van der Waals surface area contributed by atoms with Crippen LogP contribution in [0.25, 0.3) is 0 Å². The first-order valence-corrected chi connectivity index (χ1v) is 5.67. The summed E-state index contributed by atoms with van der Waals surface area (Å²) in [7, 11) is 0. The van der Waals surface area contributed by atoms with E-state index < -0.39 is 6.29 Å². The van der Waals surface area contributed by atoms with E-state index >= 15 is 0 Å². The van der Waals surface area contributed by atoms with Crippen LogP contribution in [-0.2, 0) is 9.53 Å². The molecular weight excluding hydrogens is 212 g/mol. The molecule has 15 heavy (non-hydrogen) atoms. The lowest BCUT2D eigenvalue weighted by atomic mass is 10.1. The molecule has 0 bridgehead atoms. The van der Waals surface area contributed by atoms with Crippen LogP contribution in [0.3, 0.4) is 0 Å². The lowest BCUT2D eigenvalue weighted by molar-refractivity contribution is -0.154. The van der Waals surface area contributed by atoms with Crippen LogP contribution < -0.4 is 0 Å². The van der Waals surface area contributed by atoms with Crippen LogP contribution in [0.5, 0.6) is 0 Å². The molecule has 1 heterocycles. The lowest BCUT2D eigenvalue weighted by Crippen LogP contribution is -2.21. The Hall–Kier alpha value is -1.00. The van der Waals surface area contributed by atoms with Crippen molar-refractivity contribution in [1.82, 2.24) is 0 Å². The maximum absolute atomic E-state index is 11.2. The molecule has 3 nitrogen and oxygen atoms in total. The van der Waals surface area contributed by atoms with Gasteiger partial charge in [0.2, 0.25) is 6.29 Å². The van der Waals surface area contributed by atoms with Crippen molar-refractivity contribution in [3.05, 3.63) is 30.3 Å². The maximum Gasteiger partial charge on any atom is 0.312 e. The summed E-state index contributed by atoms with van der Waals surface area (Å²) in [6, 6.07) is 9.69. The molecular formula is C11H12O3S. The Kier molecular flexibility index (Phi) is 2.98. The zero-order chi connectivity index (χ0) is 10.8. The van der Waals surface area contributed by atoms with E-state index in [1.807, 2.05) is 30.3 Å². The SMILES string of the molecule is C[C@@H]1C(=O)O[C@H](O)[C@@H]1Sc1ccccc1. The molecule has 0 unspecified atom stereocenters. The molecule has 0 radical (unpaired) electrons. The molecule has 1 aliphatic heterocycles. The van der Waals surface area contributed by atoms with Gasteiger partial charge in [-0.2, -0.15) is 0 Å². The van der Waals surface area contributed by atoms with Gasteiger partial charge < -0.3 is 9.84 Å². The Morgan fingerprint density at radius 3 is 2.53 bits per heavy atom. The van der Waals surface area contributed by atoms with Crippen LogP contribution in [0.15, 0.2) is 35.2 Å². The first kappa shape index (κ1) is 10.5. The minimum absolute atomic E-state index is 0.208. The molecule has 4 heteroatoms. The first-order valence-electron chi connectivity index (χ1n) is 4.79. The smallest absolute Gasteiger partial charge is 0.312 e. The fraction of sp³-hybridized carbons (Fsp3) is 0.364. The van der Waals surface area contributed by atoms with Gasteiger partial charge in [-0.25, -0.2) is 0 Å². The second-order valence-electron chi connectivity index (χ2n) is 3.51. The van der Waals surface area contributed by atoms with E-state index in [2.05, 4.69) is 0 Å². The van der Waals surface area contributed by atoms with Gasteiger partial charge in [0.25, 0.3) is 0 Å². The van der Waals surface area contributed by atoms with E-state index in [9.17, 15) is 9.90 Å². The van der Waals surface area contributed by atoms with Crippen molar-refractivity contribution >= 4 is 17.7 Å².